The highest BCUT2D eigenvalue weighted by atomic mass is 16.5. The minimum Gasteiger partial charge on any atom is -0.480 e. The Bertz CT molecular complexity index is 1030. The summed E-state index contributed by atoms with van der Waals surface area (Å²) in [6.07, 6.45) is 3.81. The topological polar surface area (TPSA) is 105 Å². The van der Waals surface area contributed by atoms with Crippen molar-refractivity contribution in [2.75, 3.05) is 13.2 Å². The van der Waals surface area contributed by atoms with Crippen molar-refractivity contribution in [1.29, 1.82) is 0 Å². The smallest absolute Gasteiger partial charge is 0.407 e. The van der Waals surface area contributed by atoms with E-state index in [1.54, 1.807) is 0 Å². The number of amides is 2. The summed E-state index contributed by atoms with van der Waals surface area (Å²) >= 11 is 0. The van der Waals surface area contributed by atoms with Crippen molar-refractivity contribution in [3.63, 3.8) is 0 Å². The number of carbonyl (C=O) groups excluding carboxylic acids is 2. The lowest BCUT2D eigenvalue weighted by atomic mass is 9.96. The molecule has 2 aliphatic carbocycles. The third-order valence-corrected chi connectivity index (χ3v) is 7.36. The number of nitrogens with one attached hydrogen (secondary N) is 2. The van der Waals surface area contributed by atoms with Gasteiger partial charge in [-0.15, -0.1) is 0 Å². The van der Waals surface area contributed by atoms with Gasteiger partial charge in [-0.1, -0.05) is 68.3 Å². The number of fused-ring (bicyclic) bond motifs is 3. The van der Waals surface area contributed by atoms with E-state index in [1.807, 2.05) is 31.2 Å². The molecule has 2 amide bonds. The molecule has 1 fully saturated rings. The molecule has 3 N–H and O–H groups in total. The molecular formula is C28H34N2O5. The second-order valence-electron chi connectivity index (χ2n) is 9.83. The number of alkyl carbamates (subject to hydrolysis) is 1. The normalized spacial score (nSPS) is 16.7. The van der Waals surface area contributed by atoms with Gasteiger partial charge in [0.1, 0.15) is 12.1 Å². The first-order chi connectivity index (χ1) is 16.9. The van der Waals surface area contributed by atoms with Crippen molar-refractivity contribution < 1.29 is 24.2 Å². The summed E-state index contributed by atoms with van der Waals surface area (Å²) in [6.45, 7) is 2.76. The Labute approximate surface area is 206 Å². The fourth-order valence-corrected chi connectivity index (χ4v) is 5.29. The lowest BCUT2D eigenvalue weighted by Crippen LogP contribution is -2.52. The average Bonchev–Trinajstić information content (AvgIpc) is 3.45. The van der Waals surface area contributed by atoms with Crippen molar-refractivity contribution in [1.82, 2.24) is 10.6 Å². The number of hydrogen-bond donors (Lipinski definition) is 3. The first-order valence-corrected chi connectivity index (χ1v) is 12.5. The second kappa shape index (κ2) is 10.9. The van der Waals surface area contributed by atoms with Crippen LogP contribution in [0.2, 0.25) is 0 Å². The van der Waals surface area contributed by atoms with E-state index in [-0.39, 0.29) is 30.8 Å². The molecule has 1 unspecified atom stereocenters. The number of carbonyl (C=O) groups is 3. The molecule has 0 heterocycles. The molecule has 186 valence electrons. The quantitative estimate of drug-likeness (QED) is 0.453. The van der Waals surface area contributed by atoms with E-state index in [2.05, 4.69) is 34.9 Å². The first-order valence-electron chi connectivity index (χ1n) is 12.5. The highest BCUT2D eigenvalue weighted by molar-refractivity contribution is 5.87. The van der Waals surface area contributed by atoms with Crippen molar-refractivity contribution in [3.05, 3.63) is 59.7 Å². The number of rotatable bonds is 10. The monoisotopic (exact) mass is 478 g/mol. The Morgan fingerprint density at radius 1 is 1.00 bits per heavy atom. The number of hydrogen-bond acceptors (Lipinski definition) is 4. The van der Waals surface area contributed by atoms with Gasteiger partial charge in [0.15, 0.2) is 0 Å². The van der Waals surface area contributed by atoms with Crippen LogP contribution < -0.4 is 10.6 Å². The Morgan fingerprint density at radius 3 is 2.20 bits per heavy atom. The number of aliphatic carboxylic acids is 1. The summed E-state index contributed by atoms with van der Waals surface area (Å²) in [5, 5.41) is 15.1. The predicted molar refractivity (Wildman–Crippen MR) is 133 cm³/mol. The molecule has 1 atom stereocenters. The van der Waals surface area contributed by atoms with Gasteiger partial charge in [-0.3, -0.25) is 4.79 Å². The van der Waals surface area contributed by atoms with Crippen LogP contribution in [0.15, 0.2) is 48.5 Å². The number of benzene rings is 2. The summed E-state index contributed by atoms with van der Waals surface area (Å²) < 4.78 is 5.56. The predicted octanol–water partition coefficient (Wildman–Crippen LogP) is 4.85. The summed E-state index contributed by atoms with van der Waals surface area (Å²) in [5.74, 6) is -0.923. The molecule has 2 aromatic carbocycles. The van der Waals surface area contributed by atoms with Crippen molar-refractivity contribution in [2.45, 2.75) is 63.3 Å². The van der Waals surface area contributed by atoms with Gasteiger partial charge in [-0.25, -0.2) is 9.59 Å². The third-order valence-electron chi connectivity index (χ3n) is 7.36. The zero-order valence-corrected chi connectivity index (χ0v) is 20.2. The van der Waals surface area contributed by atoms with Crippen LogP contribution in [0.25, 0.3) is 11.1 Å². The van der Waals surface area contributed by atoms with E-state index in [4.69, 9.17) is 4.74 Å². The van der Waals surface area contributed by atoms with Gasteiger partial charge >= 0.3 is 12.1 Å². The third kappa shape index (κ3) is 5.66. The van der Waals surface area contributed by atoms with Crippen LogP contribution in [0, 0.1) is 5.92 Å². The van der Waals surface area contributed by atoms with Crippen LogP contribution >= 0.6 is 0 Å². The standard InChI is InChI=1S/C28H34N2O5/c1-19(12-13-25(31)30-28(26(32)33)15-6-7-16-28)14-17-29-27(34)35-18-24-22-10-4-2-8-20(22)21-9-3-5-11-23(21)24/h2-5,8-11,19,24H,6-7,12-18H2,1H3,(H,29,34)(H,30,31)(H,32,33). The fourth-order valence-electron chi connectivity index (χ4n) is 5.29. The fraction of sp³-hybridized carbons (Fsp3) is 0.464. The zero-order valence-electron chi connectivity index (χ0n) is 20.2. The number of carboxylic acids is 1. The maximum Gasteiger partial charge on any atom is 0.407 e. The zero-order chi connectivity index (χ0) is 24.8. The summed E-state index contributed by atoms with van der Waals surface area (Å²) in [7, 11) is 0. The SMILES string of the molecule is CC(CCNC(=O)OCC1c2ccccc2-c2ccccc21)CCC(=O)NC1(C(=O)O)CCCC1. The molecule has 0 spiro atoms. The molecular weight excluding hydrogens is 444 g/mol. The van der Waals surface area contributed by atoms with E-state index in [0.717, 1.165) is 12.8 Å². The molecule has 2 aromatic rings. The largest absolute Gasteiger partial charge is 0.480 e. The van der Waals surface area contributed by atoms with E-state index in [9.17, 15) is 19.5 Å². The maximum atomic E-state index is 12.3. The molecule has 0 radical (unpaired) electrons. The lowest BCUT2D eigenvalue weighted by molar-refractivity contribution is -0.147. The Kier molecular flexibility index (Phi) is 7.73. The van der Waals surface area contributed by atoms with Crippen molar-refractivity contribution >= 4 is 18.0 Å². The Balaban J connectivity index is 1.17. The van der Waals surface area contributed by atoms with E-state index < -0.39 is 17.6 Å². The average molecular weight is 479 g/mol. The van der Waals surface area contributed by atoms with Crippen LogP contribution in [0.1, 0.15) is 68.9 Å². The number of carboxylic acid groups (broad SMARTS) is 1. The second-order valence-corrected chi connectivity index (χ2v) is 9.83. The van der Waals surface area contributed by atoms with E-state index in [0.29, 0.717) is 32.2 Å². The van der Waals surface area contributed by atoms with Gasteiger partial charge in [0.25, 0.3) is 0 Å². The summed E-state index contributed by atoms with van der Waals surface area (Å²) in [6, 6.07) is 16.4. The van der Waals surface area contributed by atoms with Crippen LogP contribution in [0.5, 0.6) is 0 Å². The summed E-state index contributed by atoms with van der Waals surface area (Å²) in [4.78, 5) is 36.2. The van der Waals surface area contributed by atoms with Gasteiger partial charge in [-0.2, -0.15) is 0 Å². The molecule has 7 nitrogen and oxygen atoms in total. The van der Waals surface area contributed by atoms with Gasteiger partial charge < -0.3 is 20.5 Å². The van der Waals surface area contributed by atoms with Gasteiger partial charge in [0, 0.05) is 18.9 Å². The molecule has 1 saturated carbocycles. The highest BCUT2D eigenvalue weighted by Gasteiger charge is 2.42. The molecule has 0 saturated heterocycles. The molecule has 4 rings (SSSR count). The molecule has 2 aliphatic rings. The first kappa shape index (κ1) is 24.8. The summed E-state index contributed by atoms with van der Waals surface area (Å²) in [5.41, 5.74) is 3.65. The maximum absolute atomic E-state index is 12.3. The Morgan fingerprint density at radius 2 is 1.60 bits per heavy atom. The number of ether oxygens (including phenoxy) is 1. The molecule has 0 bridgehead atoms. The van der Waals surface area contributed by atoms with Crippen LogP contribution in [-0.2, 0) is 14.3 Å². The van der Waals surface area contributed by atoms with Crippen LogP contribution in [0.3, 0.4) is 0 Å². The van der Waals surface area contributed by atoms with Crippen LogP contribution in [-0.4, -0.2) is 41.8 Å². The molecule has 0 aliphatic heterocycles. The molecule has 35 heavy (non-hydrogen) atoms. The van der Waals surface area contributed by atoms with E-state index in [1.165, 1.54) is 22.3 Å². The van der Waals surface area contributed by atoms with Crippen LogP contribution in [0.4, 0.5) is 4.79 Å². The van der Waals surface area contributed by atoms with Gasteiger partial charge in [-0.05, 0) is 53.9 Å². The van der Waals surface area contributed by atoms with Crippen molar-refractivity contribution in [2.24, 2.45) is 5.92 Å². The molecule has 0 aromatic heterocycles. The minimum absolute atomic E-state index is 0.0274. The van der Waals surface area contributed by atoms with Gasteiger partial charge in [0.05, 0.1) is 0 Å². The van der Waals surface area contributed by atoms with E-state index >= 15 is 0 Å². The van der Waals surface area contributed by atoms with Crippen molar-refractivity contribution in [3.8, 4) is 11.1 Å². The highest BCUT2D eigenvalue weighted by Crippen LogP contribution is 2.44. The lowest BCUT2D eigenvalue weighted by Gasteiger charge is -2.25. The Hall–Kier alpha value is -3.35. The van der Waals surface area contributed by atoms with Gasteiger partial charge in [0.2, 0.25) is 5.91 Å². The minimum atomic E-state index is -1.09. The molecule has 7 heteroatoms.